The first-order valence-corrected chi connectivity index (χ1v) is 6.28. The quantitative estimate of drug-likeness (QED) is 0.565. The van der Waals surface area contributed by atoms with Crippen LogP contribution >= 0.6 is 0 Å². The van der Waals surface area contributed by atoms with Crippen LogP contribution in [0.25, 0.3) is 0 Å². The first-order valence-electron chi connectivity index (χ1n) is 6.28. The average Bonchev–Trinajstić information content (AvgIpc) is 2.84. The van der Waals surface area contributed by atoms with E-state index >= 15 is 0 Å². The summed E-state index contributed by atoms with van der Waals surface area (Å²) in [5.41, 5.74) is 0. The molecule has 0 aromatic rings. The highest BCUT2D eigenvalue weighted by atomic mass is 16.2. The fourth-order valence-electron chi connectivity index (χ4n) is 1.96. The van der Waals surface area contributed by atoms with E-state index in [9.17, 15) is 19.2 Å². The van der Waals surface area contributed by atoms with Gasteiger partial charge in [0.25, 0.3) is 0 Å². The van der Waals surface area contributed by atoms with Crippen molar-refractivity contribution in [1.82, 2.24) is 20.4 Å². The third-order valence-corrected chi connectivity index (χ3v) is 3.46. The van der Waals surface area contributed by atoms with Crippen LogP contribution in [0.3, 0.4) is 0 Å². The molecule has 2 aliphatic rings. The molecule has 0 saturated carbocycles. The molecule has 0 spiro atoms. The number of hydrogen-bond donors (Lipinski definition) is 2. The van der Waals surface area contributed by atoms with Crippen molar-refractivity contribution in [2.75, 3.05) is 28.2 Å². The second-order valence-electron chi connectivity index (χ2n) is 4.67. The maximum absolute atomic E-state index is 11.0. The number of amides is 4. The third-order valence-electron chi connectivity index (χ3n) is 3.46. The molecule has 112 valence electrons. The molecule has 0 radical (unpaired) electrons. The zero-order chi connectivity index (χ0) is 15.4. The number of nitrogens with one attached hydrogen (secondary N) is 2. The molecule has 0 unspecified atom stereocenters. The van der Waals surface area contributed by atoms with E-state index in [2.05, 4.69) is 10.6 Å². The van der Waals surface area contributed by atoms with Gasteiger partial charge in [-0.1, -0.05) is 0 Å². The van der Waals surface area contributed by atoms with Gasteiger partial charge >= 0.3 is 0 Å². The zero-order valence-corrected chi connectivity index (χ0v) is 12.1. The summed E-state index contributed by atoms with van der Waals surface area (Å²) in [6.07, 6.45) is 0.595. The monoisotopic (exact) mass is 284 g/mol. The van der Waals surface area contributed by atoms with Gasteiger partial charge in [-0.15, -0.1) is 0 Å². The largest absolute Gasteiger partial charge is 0.308 e. The number of likely N-dealkylation sites (N-methyl/N-ethyl adjacent to an activating group) is 4. The minimum absolute atomic E-state index is 0.107. The lowest BCUT2D eigenvalue weighted by atomic mass is 10.2. The first-order chi connectivity index (χ1) is 9.33. The lowest BCUT2D eigenvalue weighted by molar-refractivity contribution is -0.138. The SMILES string of the molecule is CN[C@@H]1CC(=O)N(C)C1=O.CN[C@H]1CC(=O)N(C)C1=O. The van der Waals surface area contributed by atoms with Gasteiger partial charge in [0, 0.05) is 14.1 Å². The highest BCUT2D eigenvalue weighted by molar-refractivity contribution is 6.05. The summed E-state index contributed by atoms with van der Waals surface area (Å²) in [6, 6.07) is -0.588. The topological polar surface area (TPSA) is 98.8 Å². The summed E-state index contributed by atoms with van der Waals surface area (Å²) >= 11 is 0. The molecule has 2 rings (SSSR count). The zero-order valence-electron chi connectivity index (χ0n) is 12.1. The van der Waals surface area contributed by atoms with Gasteiger partial charge in [0.2, 0.25) is 23.6 Å². The van der Waals surface area contributed by atoms with Gasteiger partial charge in [-0.3, -0.25) is 29.0 Å². The van der Waals surface area contributed by atoms with Gasteiger partial charge in [0.05, 0.1) is 24.9 Å². The molecule has 0 aromatic heterocycles. The van der Waals surface area contributed by atoms with Crippen molar-refractivity contribution in [3.63, 3.8) is 0 Å². The molecule has 2 saturated heterocycles. The maximum atomic E-state index is 11.0. The van der Waals surface area contributed by atoms with Crippen LogP contribution < -0.4 is 10.6 Å². The number of imide groups is 2. The number of carbonyl (C=O) groups is 4. The molecule has 4 amide bonds. The first kappa shape index (κ1) is 16.3. The van der Waals surface area contributed by atoms with E-state index in [0.717, 1.165) is 9.80 Å². The number of likely N-dealkylation sites (tertiary alicyclic amines) is 2. The van der Waals surface area contributed by atoms with Crippen molar-refractivity contribution in [2.24, 2.45) is 0 Å². The fraction of sp³-hybridized carbons (Fsp3) is 0.667. The number of carbonyl (C=O) groups excluding carboxylic acids is 4. The van der Waals surface area contributed by atoms with Crippen molar-refractivity contribution < 1.29 is 19.2 Å². The minimum atomic E-state index is -0.294. The van der Waals surface area contributed by atoms with Crippen molar-refractivity contribution in [2.45, 2.75) is 24.9 Å². The van der Waals surface area contributed by atoms with Crippen LogP contribution in [-0.4, -0.2) is 73.7 Å². The predicted octanol–water partition coefficient (Wildman–Crippen LogP) is -2.07. The molecule has 2 fully saturated rings. The Morgan fingerprint density at radius 3 is 1.20 bits per heavy atom. The Morgan fingerprint density at radius 2 is 1.10 bits per heavy atom. The summed E-state index contributed by atoms with van der Waals surface area (Å²) in [4.78, 5) is 45.9. The molecule has 2 atom stereocenters. The molecular formula is C12H20N4O4. The molecule has 0 aliphatic carbocycles. The van der Waals surface area contributed by atoms with E-state index in [1.807, 2.05) is 0 Å². The smallest absolute Gasteiger partial charge is 0.246 e. The highest BCUT2D eigenvalue weighted by Gasteiger charge is 2.35. The molecule has 2 heterocycles. The Balaban J connectivity index is 0.000000200. The predicted molar refractivity (Wildman–Crippen MR) is 70.5 cm³/mol. The second kappa shape index (κ2) is 6.58. The van der Waals surface area contributed by atoms with Gasteiger partial charge in [0.1, 0.15) is 0 Å². The van der Waals surface area contributed by atoms with Crippen LogP contribution in [0.1, 0.15) is 12.8 Å². The Bertz CT molecular complexity index is 397. The summed E-state index contributed by atoms with van der Waals surface area (Å²) in [5, 5.41) is 5.52. The van der Waals surface area contributed by atoms with Gasteiger partial charge in [-0.25, -0.2) is 0 Å². The fourth-order valence-corrected chi connectivity index (χ4v) is 1.96. The van der Waals surface area contributed by atoms with Crippen LogP contribution in [-0.2, 0) is 19.2 Å². The van der Waals surface area contributed by atoms with Crippen LogP contribution in [0.2, 0.25) is 0 Å². The van der Waals surface area contributed by atoms with Crippen LogP contribution in [0.5, 0.6) is 0 Å². The summed E-state index contributed by atoms with van der Waals surface area (Å²) in [6.45, 7) is 0. The van der Waals surface area contributed by atoms with Gasteiger partial charge < -0.3 is 10.6 Å². The molecular weight excluding hydrogens is 264 g/mol. The lowest BCUT2D eigenvalue weighted by Gasteiger charge is -2.06. The van der Waals surface area contributed by atoms with Crippen molar-refractivity contribution in [3.05, 3.63) is 0 Å². The van der Waals surface area contributed by atoms with Crippen molar-refractivity contribution >= 4 is 23.6 Å². The lowest BCUT2D eigenvalue weighted by Crippen LogP contribution is -2.34. The van der Waals surface area contributed by atoms with Gasteiger partial charge in [0.15, 0.2) is 0 Å². The van der Waals surface area contributed by atoms with E-state index in [1.54, 1.807) is 14.1 Å². The van der Waals surface area contributed by atoms with Crippen LogP contribution in [0, 0.1) is 0 Å². The van der Waals surface area contributed by atoms with Crippen LogP contribution in [0.4, 0.5) is 0 Å². The Labute approximate surface area is 117 Å². The van der Waals surface area contributed by atoms with E-state index in [4.69, 9.17) is 0 Å². The average molecular weight is 284 g/mol. The summed E-state index contributed by atoms with van der Waals surface area (Å²) < 4.78 is 0. The number of hydrogen-bond acceptors (Lipinski definition) is 6. The van der Waals surface area contributed by atoms with Gasteiger partial charge in [-0.05, 0) is 14.1 Å². The molecule has 2 N–H and O–H groups in total. The third kappa shape index (κ3) is 3.20. The Morgan fingerprint density at radius 1 is 0.800 bits per heavy atom. The van der Waals surface area contributed by atoms with E-state index in [1.165, 1.54) is 14.1 Å². The molecule has 20 heavy (non-hydrogen) atoms. The van der Waals surface area contributed by atoms with Crippen molar-refractivity contribution in [3.8, 4) is 0 Å². The van der Waals surface area contributed by atoms with Crippen molar-refractivity contribution in [1.29, 1.82) is 0 Å². The molecule has 2 aliphatic heterocycles. The Kier molecular flexibility index (Phi) is 5.34. The second-order valence-corrected chi connectivity index (χ2v) is 4.67. The minimum Gasteiger partial charge on any atom is -0.308 e. The maximum Gasteiger partial charge on any atom is 0.246 e. The molecule has 8 heteroatoms. The van der Waals surface area contributed by atoms with E-state index in [0.29, 0.717) is 12.8 Å². The van der Waals surface area contributed by atoms with E-state index < -0.39 is 0 Å². The van der Waals surface area contributed by atoms with Crippen LogP contribution in [0.15, 0.2) is 0 Å². The van der Waals surface area contributed by atoms with E-state index in [-0.39, 0.29) is 35.7 Å². The Hall–Kier alpha value is -1.80. The number of nitrogens with zero attached hydrogens (tertiary/aromatic N) is 2. The highest BCUT2D eigenvalue weighted by Crippen LogP contribution is 2.09. The summed E-state index contributed by atoms with van der Waals surface area (Å²) in [5.74, 6) is -0.478. The molecule has 0 bridgehead atoms. The van der Waals surface area contributed by atoms with Gasteiger partial charge in [-0.2, -0.15) is 0 Å². The summed E-state index contributed by atoms with van der Waals surface area (Å²) in [7, 11) is 6.36. The standard InChI is InChI=1S/2C6H10N2O2/c2*1-7-4-3-5(9)8(2)6(4)10/h2*4,7H,3H2,1-2H3/t2*4-/m10/s1. The normalized spacial score (nSPS) is 26.2. The molecule has 8 nitrogen and oxygen atoms in total. The number of rotatable bonds is 2. The molecule has 0 aromatic carbocycles.